The van der Waals surface area contributed by atoms with E-state index in [0.717, 1.165) is 39.2 Å². The van der Waals surface area contributed by atoms with Crippen LogP contribution in [0.25, 0.3) is 22.3 Å². The van der Waals surface area contributed by atoms with E-state index >= 15 is 0 Å². The Labute approximate surface area is 185 Å². The van der Waals surface area contributed by atoms with Crippen molar-refractivity contribution >= 4 is 28.7 Å². The molecule has 6 heteroatoms. The standard InChI is InChI=1S/C25H22ClN3O2/c1-15-21(26)13-27-24-22(15)28-23(18-11-12-18)29(24)14-16-7-9-17(10-8-16)19-5-3-4-6-20(19)25(30)31-2/h3-10,13,18H,11-12,14H2,1-2H3. The summed E-state index contributed by atoms with van der Waals surface area (Å²) in [4.78, 5) is 21.6. The van der Waals surface area contributed by atoms with Crippen LogP contribution in [0.1, 0.15) is 46.1 Å². The Hall–Kier alpha value is -3.18. The van der Waals surface area contributed by atoms with E-state index in [2.05, 4.69) is 21.7 Å². The van der Waals surface area contributed by atoms with E-state index in [4.69, 9.17) is 21.3 Å². The highest BCUT2D eigenvalue weighted by Gasteiger charge is 2.30. The molecule has 31 heavy (non-hydrogen) atoms. The number of esters is 1. The number of nitrogens with zero attached hydrogens (tertiary/aromatic N) is 3. The fraction of sp³-hybridized carbons (Fsp3) is 0.240. The Morgan fingerprint density at radius 2 is 1.90 bits per heavy atom. The van der Waals surface area contributed by atoms with E-state index < -0.39 is 0 Å². The van der Waals surface area contributed by atoms with E-state index in [1.54, 1.807) is 12.3 Å². The van der Waals surface area contributed by atoms with Gasteiger partial charge in [0.15, 0.2) is 5.65 Å². The number of benzene rings is 2. The molecule has 0 radical (unpaired) electrons. The Balaban J connectivity index is 1.50. The molecule has 0 bridgehead atoms. The summed E-state index contributed by atoms with van der Waals surface area (Å²) in [7, 11) is 1.40. The summed E-state index contributed by atoms with van der Waals surface area (Å²) >= 11 is 6.28. The number of fused-ring (bicyclic) bond motifs is 1. The number of carbonyl (C=O) groups is 1. The van der Waals surface area contributed by atoms with Gasteiger partial charge in [0, 0.05) is 12.1 Å². The average molecular weight is 432 g/mol. The van der Waals surface area contributed by atoms with Crippen LogP contribution >= 0.6 is 11.6 Å². The van der Waals surface area contributed by atoms with Gasteiger partial charge in [-0.3, -0.25) is 0 Å². The monoisotopic (exact) mass is 431 g/mol. The highest BCUT2D eigenvalue weighted by molar-refractivity contribution is 6.31. The predicted octanol–water partition coefficient (Wildman–Crippen LogP) is 5.77. The molecule has 5 nitrogen and oxygen atoms in total. The van der Waals surface area contributed by atoms with Crippen LogP contribution in [0.2, 0.25) is 5.02 Å². The summed E-state index contributed by atoms with van der Waals surface area (Å²) in [5, 5.41) is 0.646. The van der Waals surface area contributed by atoms with E-state index in [9.17, 15) is 4.79 Å². The van der Waals surface area contributed by atoms with Crippen LogP contribution in [0.5, 0.6) is 0 Å². The zero-order valence-electron chi connectivity index (χ0n) is 17.4. The lowest BCUT2D eigenvalue weighted by atomic mass is 9.98. The molecule has 1 aliphatic rings. The summed E-state index contributed by atoms with van der Waals surface area (Å²) in [5.74, 6) is 1.25. The molecule has 156 valence electrons. The molecule has 1 fully saturated rings. The molecule has 0 atom stereocenters. The summed E-state index contributed by atoms with van der Waals surface area (Å²) in [6.45, 7) is 2.68. The highest BCUT2D eigenvalue weighted by atomic mass is 35.5. The van der Waals surface area contributed by atoms with Crippen LogP contribution in [0, 0.1) is 6.92 Å². The Kier molecular flexibility index (Phi) is 4.98. The molecular weight excluding hydrogens is 410 g/mol. The van der Waals surface area contributed by atoms with E-state index in [-0.39, 0.29) is 5.97 Å². The molecule has 0 aliphatic heterocycles. The molecule has 0 spiro atoms. The van der Waals surface area contributed by atoms with Gasteiger partial charge >= 0.3 is 5.97 Å². The second-order valence-corrected chi connectivity index (χ2v) is 8.38. The van der Waals surface area contributed by atoms with Crippen LogP contribution in [-0.4, -0.2) is 27.6 Å². The number of aryl methyl sites for hydroxylation is 1. The molecule has 5 rings (SSSR count). The van der Waals surface area contributed by atoms with Gasteiger partial charge in [-0.25, -0.2) is 14.8 Å². The molecule has 2 aromatic heterocycles. The summed E-state index contributed by atoms with van der Waals surface area (Å²) in [6, 6.07) is 15.8. The smallest absolute Gasteiger partial charge is 0.338 e. The van der Waals surface area contributed by atoms with E-state index in [0.29, 0.717) is 23.0 Å². The number of ether oxygens (including phenoxy) is 1. The molecular formula is C25H22ClN3O2. The van der Waals surface area contributed by atoms with Crippen molar-refractivity contribution in [1.82, 2.24) is 14.5 Å². The molecule has 1 saturated carbocycles. The molecule has 0 unspecified atom stereocenters. The van der Waals surface area contributed by atoms with Crippen LogP contribution in [-0.2, 0) is 11.3 Å². The quantitative estimate of drug-likeness (QED) is 0.376. The Bertz CT molecular complexity index is 1290. The molecule has 2 heterocycles. The lowest BCUT2D eigenvalue weighted by Crippen LogP contribution is -2.05. The van der Waals surface area contributed by atoms with Crippen molar-refractivity contribution < 1.29 is 9.53 Å². The third kappa shape index (κ3) is 3.59. The third-order valence-electron chi connectivity index (χ3n) is 5.86. The second-order valence-electron chi connectivity index (χ2n) is 7.97. The van der Waals surface area contributed by atoms with Gasteiger partial charge in [0.2, 0.25) is 0 Å². The zero-order chi connectivity index (χ0) is 21.5. The summed E-state index contributed by atoms with van der Waals surface area (Å²) in [6.07, 6.45) is 4.04. The van der Waals surface area contributed by atoms with Crippen LogP contribution < -0.4 is 0 Å². The Morgan fingerprint density at radius 1 is 1.16 bits per heavy atom. The fourth-order valence-electron chi connectivity index (χ4n) is 3.98. The number of aromatic nitrogens is 3. The van der Waals surface area contributed by atoms with Gasteiger partial charge in [-0.1, -0.05) is 54.1 Å². The first-order valence-corrected chi connectivity index (χ1v) is 10.7. The number of halogens is 1. The number of imidazole rings is 1. The number of hydrogen-bond donors (Lipinski definition) is 0. The number of carbonyl (C=O) groups excluding carboxylic acids is 1. The number of rotatable bonds is 5. The van der Waals surface area contributed by atoms with E-state index in [1.807, 2.05) is 37.3 Å². The minimum absolute atomic E-state index is 0.334. The first kappa shape index (κ1) is 19.8. The average Bonchev–Trinajstić information content (AvgIpc) is 3.58. The third-order valence-corrected chi connectivity index (χ3v) is 6.25. The van der Waals surface area contributed by atoms with Gasteiger partial charge in [0.1, 0.15) is 11.3 Å². The van der Waals surface area contributed by atoms with Gasteiger partial charge in [-0.2, -0.15) is 0 Å². The predicted molar refractivity (Wildman–Crippen MR) is 122 cm³/mol. The second kappa shape index (κ2) is 7.82. The molecule has 0 N–H and O–H groups in total. The van der Waals surface area contributed by atoms with Crippen LogP contribution in [0.3, 0.4) is 0 Å². The van der Waals surface area contributed by atoms with Crippen molar-refractivity contribution in [2.24, 2.45) is 0 Å². The van der Waals surface area contributed by atoms with Crippen molar-refractivity contribution in [2.45, 2.75) is 32.2 Å². The lowest BCUT2D eigenvalue weighted by Gasteiger charge is -2.11. The minimum atomic E-state index is -0.334. The van der Waals surface area contributed by atoms with Crippen molar-refractivity contribution in [3.63, 3.8) is 0 Å². The maximum atomic E-state index is 12.1. The summed E-state index contributed by atoms with van der Waals surface area (Å²) < 4.78 is 7.14. The number of hydrogen-bond acceptors (Lipinski definition) is 4. The summed E-state index contributed by atoms with van der Waals surface area (Å²) in [5.41, 5.74) is 6.29. The number of methoxy groups -OCH3 is 1. The molecule has 0 amide bonds. The topological polar surface area (TPSA) is 57.0 Å². The van der Waals surface area contributed by atoms with Crippen molar-refractivity contribution in [3.05, 3.63) is 82.3 Å². The van der Waals surface area contributed by atoms with Crippen molar-refractivity contribution in [1.29, 1.82) is 0 Å². The van der Waals surface area contributed by atoms with Gasteiger partial charge < -0.3 is 9.30 Å². The van der Waals surface area contributed by atoms with Gasteiger partial charge in [0.25, 0.3) is 0 Å². The largest absolute Gasteiger partial charge is 0.465 e. The van der Waals surface area contributed by atoms with Gasteiger partial charge in [0.05, 0.1) is 24.2 Å². The SMILES string of the molecule is COC(=O)c1ccccc1-c1ccc(Cn2c(C3CC3)nc3c(C)c(Cl)cnc32)cc1. The molecule has 1 aliphatic carbocycles. The van der Waals surface area contributed by atoms with Gasteiger partial charge in [-0.05, 0) is 48.1 Å². The van der Waals surface area contributed by atoms with Crippen LogP contribution in [0.15, 0.2) is 54.7 Å². The van der Waals surface area contributed by atoms with Gasteiger partial charge in [-0.15, -0.1) is 0 Å². The maximum absolute atomic E-state index is 12.1. The van der Waals surface area contributed by atoms with Crippen LogP contribution in [0.4, 0.5) is 0 Å². The minimum Gasteiger partial charge on any atom is -0.465 e. The van der Waals surface area contributed by atoms with Crippen molar-refractivity contribution in [2.75, 3.05) is 7.11 Å². The number of pyridine rings is 1. The highest BCUT2D eigenvalue weighted by Crippen LogP contribution is 2.41. The molecule has 0 saturated heterocycles. The first-order chi connectivity index (χ1) is 15.1. The lowest BCUT2D eigenvalue weighted by molar-refractivity contribution is 0.0601. The fourth-order valence-corrected chi connectivity index (χ4v) is 4.11. The molecule has 2 aromatic carbocycles. The maximum Gasteiger partial charge on any atom is 0.338 e. The van der Waals surface area contributed by atoms with Crippen molar-refractivity contribution in [3.8, 4) is 11.1 Å². The first-order valence-electron chi connectivity index (χ1n) is 10.3. The Morgan fingerprint density at radius 3 is 2.61 bits per heavy atom. The normalized spacial score (nSPS) is 13.5. The van der Waals surface area contributed by atoms with E-state index in [1.165, 1.54) is 20.0 Å². The molecule has 4 aromatic rings. The zero-order valence-corrected chi connectivity index (χ0v) is 18.2.